The van der Waals surface area contributed by atoms with Gasteiger partial charge in [-0.15, -0.1) is 0 Å². The number of alkyl halides is 3. The molecule has 0 radical (unpaired) electrons. The molecule has 3 rings (SSSR count). The number of carbonyl (C=O) groups excluding carboxylic acids is 1. The summed E-state index contributed by atoms with van der Waals surface area (Å²) in [5.74, 6) is -11.4. The normalized spacial score (nSPS) is 11.5. The van der Waals surface area contributed by atoms with Gasteiger partial charge >= 0.3 is 6.18 Å². The lowest BCUT2D eigenvalue weighted by Gasteiger charge is -2.16. The molecule has 0 fully saturated rings. The zero-order chi connectivity index (χ0) is 22.2. The Bertz CT molecular complexity index is 1100. The highest BCUT2D eigenvalue weighted by molar-refractivity contribution is 6.31. The summed E-state index contributed by atoms with van der Waals surface area (Å²) in [5.41, 5.74) is -3.89. The molecule has 0 saturated carbocycles. The molecule has 0 aliphatic carbocycles. The van der Waals surface area contributed by atoms with E-state index in [0.717, 1.165) is 6.07 Å². The maximum absolute atomic E-state index is 14.1. The predicted octanol–water partition coefficient (Wildman–Crippen LogP) is 6.83. The number of nitrogens with one attached hydrogen (secondary N) is 1. The number of amides is 1. The lowest BCUT2D eigenvalue weighted by molar-refractivity contribution is -0.143. The lowest BCUT2D eigenvalue weighted by atomic mass is 9.99. The van der Waals surface area contributed by atoms with Gasteiger partial charge in [0.1, 0.15) is 11.3 Å². The van der Waals surface area contributed by atoms with Crippen molar-refractivity contribution in [3.63, 3.8) is 0 Å². The Kier molecular flexibility index (Phi) is 5.76. The van der Waals surface area contributed by atoms with E-state index in [1.165, 1.54) is 12.1 Å². The van der Waals surface area contributed by atoms with Crippen molar-refractivity contribution < 1.29 is 35.5 Å². The molecule has 0 bridgehead atoms. The highest BCUT2D eigenvalue weighted by atomic mass is 35.5. The number of rotatable bonds is 3. The van der Waals surface area contributed by atoms with E-state index < -0.39 is 46.6 Å². The smallest absolute Gasteiger partial charge is 0.317 e. The number of anilines is 1. The molecule has 0 aliphatic rings. The van der Waals surface area contributed by atoms with Gasteiger partial charge in [0.05, 0.1) is 0 Å². The Hall–Kier alpha value is -3.07. The molecule has 0 atom stereocenters. The third kappa shape index (κ3) is 3.97. The highest BCUT2D eigenvalue weighted by Gasteiger charge is 2.42. The Morgan fingerprint density at radius 2 is 1.40 bits per heavy atom. The van der Waals surface area contributed by atoms with Crippen LogP contribution in [0.25, 0.3) is 11.1 Å². The molecule has 3 aromatic carbocycles. The van der Waals surface area contributed by atoms with E-state index in [1.54, 1.807) is 35.6 Å². The largest absolute Gasteiger partial charge is 0.422 e. The Balaban J connectivity index is 2.10. The number of hydrogen-bond donors (Lipinski definition) is 1. The van der Waals surface area contributed by atoms with Crippen molar-refractivity contribution in [1.29, 1.82) is 0 Å². The third-order valence-electron chi connectivity index (χ3n) is 4.10. The average molecular weight is 448 g/mol. The molecule has 156 valence electrons. The van der Waals surface area contributed by atoms with Crippen molar-refractivity contribution >= 4 is 23.2 Å². The fourth-order valence-corrected chi connectivity index (χ4v) is 2.92. The molecule has 0 saturated heterocycles. The minimum atomic E-state index is -5.69. The zero-order valence-corrected chi connectivity index (χ0v) is 15.3. The lowest BCUT2D eigenvalue weighted by Crippen LogP contribution is -2.20. The monoisotopic (exact) mass is 447 g/mol. The van der Waals surface area contributed by atoms with Crippen molar-refractivity contribution in [3.8, 4) is 11.1 Å². The van der Waals surface area contributed by atoms with Crippen LogP contribution in [0.2, 0.25) is 5.02 Å². The maximum atomic E-state index is 14.1. The average Bonchev–Trinajstić information content (AvgIpc) is 2.69. The summed E-state index contributed by atoms with van der Waals surface area (Å²) < 4.78 is 93.8. The van der Waals surface area contributed by atoms with Crippen molar-refractivity contribution in [2.24, 2.45) is 0 Å². The van der Waals surface area contributed by atoms with Gasteiger partial charge in [0.25, 0.3) is 5.91 Å². The predicted molar refractivity (Wildman–Crippen MR) is 96.1 cm³/mol. The second-order valence-electron chi connectivity index (χ2n) is 6.01. The van der Waals surface area contributed by atoms with Crippen LogP contribution in [-0.4, -0.2) is 5.91 Å². The zero-order valence-electron chi connectivity index (χ0n) is 14.6. The molecule has 2 nitrogen and oxygen atoms in total. The topological polar surface area (TPSA) is 29.1 Å². The Morgan fingerprint density at radius 3 is 1.93 bits per heavy atom. The van der Waals surface area contributed by atoms with Crippen LogP contribution < -0.4 is 5.32 Å². The first kappa shape index (κ1) is 21.6. The molecule has 1 amide bonds. The van der Waals surface area contributed by atoms with Gasteiger partial charge in [-0.2, -0.15) is 13.2 Å². The van der Waals surface area contributed by atoms with Crippen LogP contribution in [0.5, 0.6) is 0 Å². The quantitative estimate of drug-likeness (QED) is 0.346. The van der Waals surface area contributed by atoms with Gasteiger partial charge in [0.15, 0.2) is 23.3 Å². The van der Waals surface area contributed by atoms with Crippen molar-refractivity contribution in [2.45, 2.75) is 6.18 Å². The molecule has 1 N–H and O–H groups in total. The summed E-state index contributed by atoms with van der Waals surface area (Å²) in [4.78, 5) is 12.6. The van der Waals surface area contributed by atoms with Crippen LogP contribution in [-0.2, 0) is 6.18 Å². The summed E-state index contributed by atoms with van der Waals surface area (Å²) in [6.07, 6.45) is -5.69. The van der Waals surface area contributed by atoms with Crippen LogP contribution in [0.3, 0.4) is 0 Å². The molecule has 3 aromatic rings. The number of carbonyl (C=O) groups is 1. The van der Waals surface area contributed by atoms with E-state index in [4.69, 9.17) is 11.6 Å². The van der Waals surface area contributed by atoms with Gasteiger partial charge in [0.2, 0.25) is 0 Å². The summed E-state index contributed by atoms with van der Waals surface area (Å²) >= 11 is 5.86. The third-order valence-corrected chi connectivity index (χ3v) is 4.33. The van der Waals surface area contributed by atoms with Crippen LogP contribution in [0.4, 0.5) is 36.4 Å². The first-order valence-electron chi connectivity index (χ1n) is 8.11. The van der Waals surface area contributed by atoms with Gasteiger partial charge in [-0.25, -0.2) is 17.6 Å². The maximum Gasteiger partial charge on any atom is 0.422 e. The number of hydrogen-bond acceptors (Lipinski definition) is 1. The molecule has 10 heteroatoms. The van der Waals surface area contributed by atoms with Crippen molar-refractivity contribution in [1.82, 2.24) is 0 Å². The van der Waals surface area contributed by atoms with E-state index in [-0.39, 0.29) is 16.1 Å². The fraction of sp³-hybridized carbons (Fsp3) is 0.0500. The first-order valence-corrected chi connectivity index (χ1v) is 8.49. The summed E-state index contributed by atoms with van der Waals surface area (Å²) in [6, 6.07) is 12.2. The fourth-order valence-electron chi connectivity index (χ4n) is 2.74. The van der Waals surface area contributed by atoms with Gasteiger partial charge < -0.3 is 5.32 Å². The molecular weight excluding hydrogens is 439 g/mol. The van der Waals surface area contributed by atoms with E-state index in [2.05, 4.69) is 0 Å². The molecule has 0 spiro atoms. The minimum absolute atomic E-state index is 0.0607. The molecule has 0 aromatic heterocycles. The standard InChI is InChI=1S/C20H9ClF7NO/c21-10-6-7-11(9-4-2-1-3-5-9)12(8-10)19(30)29-18-16(24)14(22)13(20(26,27)28)15(23)17(18)25/h1-8H,(H,29,30). The van der Waals surface area contributed by atoms with Crippen LogP contribution in [0.1, 0.15) is 15.9 Å². The van der Waals surface area contributed by atoms with Crippen LogP contribution in [0, 0.1) is 23.3 Å². The minimum Gasteiger partial charge on any atom is -0.317 e. The van der Waals surface area contributed by atoms with Gasteiger partial charge in [0, 0.05) is 10.6 Å². The molecule has 0 heterocycles. The van der Waals surface area contributed by atoms with E-state index in [1.807, 2.05) is 0 Å². The van der Waals surface area contributed by atoms with E-state index in [9.17, 15) is 35.5 Å². The van der Waals surface area contributed by atoms with Gasteiger partial charge in [-0.3, -0.25) is 4.79 Å². The highest BCUT2D eigenvalue weighted by Crippen LogP contribution is 2.38. The summed E-state index contributed by atoms with van der Waals surface area (Å²) in [7, 11) is 0. The van der Waals surface area contributed by atoms with Gasteiger partial charge in [-0.1, -0.05) is 48.0 Å². The molecule has 0 unspecified atom stereocenters. The summed E-state index contributed by atoms with van der Waals surface area (Å²) in [6.45, 7) is 0. The molecule has 0 aliphatic heterocycles. The number of benzene rings is 3. The second kappa shape index (κ2) is 7.98. The Labute approximate surface area is 169 Å². The van der Waals surface area contributed by atoms with E-state index >= 15 is 0 Å². The molecular formula is C20H9ClF7NO. The van der Waals surface area contributed by atoms with Crippen molar-refractivity contribution in [3.05, 3.63) is 87.9 Å². The SMILES string of the molecule is O=C(Nc1c(F)c(F)c(C(F)(F)F)c(F)c1F)c1cc(Cl)ccc1-c1ccccc1. The second-order valence-corrected chi connectivity index (χ2v) is 6.45. The summed E-state index contributed by atoms with van der Waals surface area (Å²) in [5, 5.41) is 1.66. The van der Waals surface area contributed by atoms with Crippen LogP contribution >= 0.6 is 11.6 Å². The van der Waals surface area contributed by atoms with Gasteiger partial charge in [-0.05, 0) is 23.3 Å². The van der Waals surface area contributed by atoms with Crippen LogP contribution in [0.15, 0.2) is 48.5 Å². The van der Waals surface area contributed by atoms with Crippen molar-refractivity contribution in [2.75, 3.05) is 5.32 Å². The molecule has 30 heavy (non-hydrogen) atoms. The Morgan fingerprint density at radius 1 is 0.833 bits per heavy atom. The number of halogens is 8. The first-order chi connectivity index (χ1) is 14.0. The van der Waals surface area contributed by atoms with E-state index in [0.29, 0.717) is 5.56 Å².